The Morgan fingerprint density at radius 1 is 0.963 bits per heavy atom. The van der Waals surface area contributed by atoms with Gasteiger partial charge in [0.1, 0.15) is 0 Å². The molecule has 1 aromatic rings. The molecule has 0 radical (unpaired) electrons. The smallest absolute Gasteiger partial charge is 0.253 e. The van der Waals surface area contributed by atoms with Gasteiger partial charge in [-0.2, -0.15) is 0 Å². The molecule has 0 spiro atoms. The lowest BCUT2D eigenvalue weighted by Crippen LogP contribution is -2.47. The summed E-state index contributed by atoms with van der Waals surface area (Å²) >= 11 is 0. The van der Waals surface area contributed by atoms with Crippen LogP contribution in [-0.4, -0.2) is 48.9 Å². The molecule has 1 aromatic carbocycles. The maximum absolute atomic E-state index is 12.6. The Morgan fingerprint density at radius 3 is 1.96 bits per heavy atom. The maximum atomic E-state index is 12.6. The zero-order chi connectivity index (χ0) is 20.8. The molecule has 3 nitrogen and oxygen atoms in total. The van der Waals surface area contributed by atoms with Gasteiger partial charge in [0.15, 0.2) is 0 Å². The number of nitrogens with zero attached hydrogens (tertiary/aromatic N) is 2. The van der Waals surface area contributed by atoms with Crippen LogP contribution in [0, 0.1) is 6.92 Å². The van der Waals surface area contributed by atoms with Gasteiger partial charge in [-0.25, -0.2) is 0 Å². The average Bonchev–Trinajstić information content (AvgIpc) is 2.72. The number of carbonyl (C=O) groups excluding carboxylic acids is 1. The van der Waals surface area contributed by atoms with Crippen LogP contribution in [0.15, 0.2) is 54.6 Å². The number of rotatable bonds is 4. The van der Waals surface area contributed by atoms with Crippen LogP contribution < -0.4 is 0 Å². The van der Waals surface area contributed by atoms with Crippen molar-refractivity contribution in [2.45, 2.75) is 41.5 Å². The van der Waals surface area contributed by atoms with E-state index in [1.165, 1.54) is 11.1 Å². The number of piperazine rings is 1. The van der Waals surface area contributed by atoms with E-state index in [0.717, 1.165) is 31.8 Å². The first-order valence-corrected chi connectivity index (χ1v) is 10.1. The van der Waals surface area contributed by atoms with Gasteiger partial charge >= 0.3 is 0 Å². The van der Waals surface area contributed by atoms with E-state index in [4.69, 9.17) is 0 Å². The van der Waals surface area contributed by atoms with Crippen LogP contribution >= 0.6 is 0 Å². The highest BCUT2D eigenvalue weighted by Gasteiger charge is 2.20. The molecule has 1 aliphatic heterocycles. The van der Waals surface area contributed by atoms with Crippen LogP contribution in [0.25, 0.3) is 5.57 Å². The minimum absolute atomic E-state index is 0.0704. The second-order valence-electron chi connectivity index (χ2n) is 6.14. The highest BCUT2D eigenvalue weighted by Crippen LogP contribution is 2.16. The quantitative estimate of drug-likeness (QED) is 0.528. The van der Waals surface area contributed by atoms with Crippen LogP contribution in [-0.2, 0) is 4.79 Å². The topological polar surface area (TPSA) is 23.6 Å². The third kappa shape index (κ3) is 8.40. The van der Waals surface area contributed by atoms with Crippen molar-refractivity contribution < 1.29 is 4.79 Å². The zero-order valence-electron chi connectivity index (χ0n) is 18.4. The lowest BCUT2D eigenvalue weighted by Gasteiger charge is -2.32. The summed E-state index contributed by atoms with van der Waals surface area (Å²) in [5.41, 5.74) is 4.20. The molecule has 1 aliphatic rings. The normalized spacial score (nSPS) is 15.1. The third-order valence-electron chi connectivity index (χ3n) is 4.28. The van der Waals surface area contributed by atoms with Gasteiger partial charge in [-0.3, -0.25) is 4.79 Å². The molecule has 0 aliphatic carbocycles. The number of carbonyl (C=O) groups is 1. The summed E-state index contributed by atoms with van der Waals surface area (Å²) in [6.07, 6.45) is 5.53. The van der Waals surface area contributed by atoms with Crippen molar-refractivity contribution in [3.8, 4) is 0 Å². The van der Waals surface area contributed by atoms with E-state index >= 15 is 0 Å². The molecule has 1 amide bonds. The monoisotopic (exact) mass is 370 g/mol. The first-order valence-electron chi connectivity index (χ1n) is 10.1. The second-order valence-corrected chi connectivity index (χ2v) is 6.14. The maximum Gasteiger partial charge on any atom is 0.253 e. The first-order chi connectivity index (χ1) is 13.0. The molecule has 3 heteroatoms. The average molecular weight is 371 g/mol. The number of likely N-dealkylation sites (N-methyl/N-ethyl adjacent to an activating group) is 1. The lowest BCUT2D eigenvalue weighted by atomic mass is 10.0. The van der Waals surface area contributed by atoms with E-state index in [0.29, 0.717) is 5.57 Å². The largest absolute Gasteiger partial charge is 0.336 e. The summed E-state index contributed by atoms with van der Waals surface area (Å²) < 4.78 is 0. The van der Waals surface area contributed by atoms with Crippen molar-refractivity contribution in [2.24, 2.45) is 0 Å². The van der Waals surface area contributed by atoms with Crippen molar-refractivity contribution in [1.29, 1.82) is 0 Å². The van der Waals surface area contributed by atoms with Crippen molar-refractivity contribution in [1.82, 2.24) is 9.80 Å². The summed E-state index contributed by atoms with van der Waals surface area (Å²) in [6.45, 7) is 19.3. The number of benzene rings is 1. The van der Waals surface area contributed by atoms with Crippen molar-refractivity contribution in [3.63, 3.8) is 0 Å². The molecule has 0 bridgehead atoms. The molecule has 2 rings (SSSR count). The standard InChI is InChI=1S/C20H26N2O.2C2H6/c1-5-18(20(23)22-14-12-21(4)13-15-22)11-8-17(3)19-9-6-16(2)7-10-19;2*1-2/h5-11H,1,12-15H2,2-4H3;2*1-2H3/b17-8+,18-11+;;. The van der Waals surface area contributed by atoms with E-state index in [1.54, 1.807) is 6.08 Å². The van der Waals surface area contributed by atoms with Crippen LogP contribution in [0.4, 0.5) is 0 Å². The molecule has 150 valence electrons. The Bertz CT molecular complexity index is 618. The summed E-state index contributed by atoms with van der Waals surface area (Å²) in [6, 6.07) is 8.40. The first kappa shape index (κ1) is 24.9. The summed E-state index contributed by atoms with van der Waals surface area (Å²) in [5, 5.41) is 0. The molecule has 27 heavy (non-hydrogen) atoms. The third-order valence-corrected chi connectivity index (χ3v) is 4.28. The van der Waals surface area contributed by atoms with Gasteiger partial charge < -0.3 is 9.80 Å². The van der Waals surface area contributed by atoms with E-state index in [1.807, 2.05) is 44.7 Å². The Morgan fingerprint density at radius 2 is 1.48 bits per heavy atom. The lowest BCUT2D eigenvalue weighted by molar-refractivity contribution is -0.128. The van der Waals surface area contributed by atoms with Gasteiger partial charge in [-0.1, -0.05) is 76.3 Å². The molecule has 1 fully saturated rings. The predicted octanol–water partition coefficient (Wildman–Crippen LogP) is 5.34. The molecule has 0 unspecified atom stereocenters. The fraction of sp³-hybridized carbons (Fsp3) is 0.458. The van der Waals surface area contributed by atoms with Crippen LogP contribution in [0.5, 0.6) is 0 Å². The fourth-order valence-electron chi connectivity index (χ4n) is 2.55. The van der Waals surface area contributed by atoms with Gasteiger partial charge in [0.25, 0.3) is 5.91 Å². The highest BCUT2D eigenvalue weighted by atomic mass is 16.2. The molecular formula is C24H38N2O. The van der Waals surface area contributed by atoms with Crippen LogP contribution in [0.3, 0.4) is 0 Å². The molecule has 0 saturated carbocycles. The molecule has 1 heterocycles. The fourth-order valence-corrected chi connectivity index (χ4v) is 2.55. The molecule has 0 N–H and O–H groups in total. The van der Waals surface area contributed by atoms with Gasteiger partial charge in [0, 0.05) is 31.8 Å². The Balaban J connectivity index is 0.00000158. The van der Waals surface area contributed by atoms with Gasteiger partial charge in [0.2, 0.25) is 0 Å². The van der Waals surface area contributed by atoms with E-state index in [2.05, 4.69) is 56.6 Å². The molecule has 0 aromatic heterocycles. The number of aryl methyl sites for hydroxylation is 1. The number of allylic oxidation sites excluding steroid dienone is 3. The minimum Gasteiger partial charge on any atom is -0.336 e. The summed E-state index contributed by atoms with van der Waals surface area (Å²) in [4.78, 5) is 16.7. The molecule has 1 saturated heterocycles. The molecular weight excluding hydrogens is 332 g/mol. The van der Waals surface area contributed by atoms with Crippen LogP contribution in [0.2, 0.25) is 0 Å². The molecule has 0 atom stereocenters. The Hall–Kier alpha value is -2.13. The second kappa shape index (κ2) is 14.0. The van der Waals surface area contributed by atoms with E-state index in [-0.39, 0.29) is 5.91 Å². The highest BCUT2D eigenvalue weighted by molar-refractivity contribution is 5.96. The van der Waals surface area contributed by atoms with E-state index in [9.17, 15) is 4.79 Å². The van der Waals surface area contributed by atoms with Crippen molar-refractivity contribution in [3.05, 3.63) is 65.8 Å². The van der Waals surface area contributed by atoms with E-state index < -0.39 is 0 Å². The number of hydrogen-bond acceptors (Lipinski definition) is 2. The van der Waals surface area contributed by atoms with Gasteiger partial charge in [-0.15, -0.1) is 0 Å². The van der Waals surface area contributed by atoms with Crippen molar-refractivity contribution in [2.75, 3.05) is 33.2 Å². The zero-order valence-corrected chi connectivity index (χ0v) is 18.4. The van der Waals surface area contributed by atoms with Crippen LogP contribution in [0.1, 0.15) is 45.7 Å². The van der Waals surface area contributed by atoms with Crippen molar-refractivity contribution >= 4 is 11.5 Å². The number of hydrogen-bond donors (Lipinski definition) is 0. The summed E-state index contributed by atoms with van der Waals surface area (Å²) in [5.74, 6) is 0.0704. The van der Waals surface area contributed by atoms with Gasteiger partial charge in [-0.05, 0) is 38.1 Å². The minimum atomic E-state index is 0.0704. The predicted molar refractivity (Wildman–Crippen MR) is 120 cm³/mol. The Labute approximate surface area is 167 Å². The SMILES string of the molecule is C=C/C(=C\C=C(/C)c1ccc(C)cc1)C(=O)N1CCN(C)CC1.CC.CC. The number of amides is 1. The Kier molecular flexibility index (Phi) is 12.9. The van der Waals surface area contributed by atoms with Gasteiger partial charge in [0.05, 0.1) is 0 Å². The summed E-state index contributed by atoms with van der Waals surface area (Å²) in [7, 11) is 2.08.